The zero-order chi connectivity index (χ0) is 36.4. The van der Waals surface area contributed by atoms with Gasteiger partial charge in [-0.25, -0.2) is 4.98 Å². The molecule has 3 heterocycles. The maximum absolute atomic E-state index is 13.7. The van der Waals surface area contributed by atoms with Crippen molar-refractivity contribution in [2.75, 3.05) is 5.32 Å². The average Bonchev–Trinajstić information content (AvgIpc) is 3.20. The van der Waals surface area contributed by atoms with E-state index in [1.165, 1.54) is 12.8 Å². The van der Waals surface area contributed by atoms with Crippen molar-refractivity contribution in [1.29, 1.82) is 5.26 Å². The number of hydrogen-bond donors (Lipinski definition) is 1. The molecule has 1 N–H and O–H groups in total. The third-order valence-electron chi connectivity index (χ3n) is 10.8. The molecule has 0 radical (unpaired) electrons. The lowest BCUT2D eigenvalue weighted by Gasteiger charge is -2.25. The summed E-state index contributed by atoms with van der Waals surface area (Å²) in [6.07, 6.45) is 10.6. The molecule has 0 atom stereocenters. The molecule has 0 spiro atoms. The summed E-state index contributed by atoms with van der Waals surface area (Å²) in [5, 5.41) is 13.4. The van der Waals surface area contributed by atoms with Gasteiger partial charge < -0.3 is 14.5 Å². The van der Waals surface area contributed by atoms with E-state index in [4.69, 9.17) is 4.98 Å². The molecule has 3 aromatic carbocycles. The van der Waals surface area contributed by atoms with E-state index < -0.39 is 0 Å². The summed E-state index contributed by atoms with van der Waals surface area (Å²) in [5.74, 6) is 1.18. The fraction of sp³-hybridized carbons (Fsp3) is 0.333. The Kier molecular flexibility index (Phi) is 9.86. The summed E-state index contributed by atoms with van der Waals surface area (Å²) >= 11 is 0. The van der Waals surface area contributed by atoms with Gasteiger partial charge in [-0.15, -0.1) is 0 Å². The number of pyridine rings is 2. The highest BCUT2D eigenvalue weighted by atomic mass is 16.2. The number of aromatic nitrogens is 4. The van der Waals surface area contributed by atoms with Gasteiger partial charge in [0, 0.05) is 36.7 Å². The summed E-state index contributed by atoms with van der Waals surface area (Å²) in [6.45, 7) is 0. The number of benzene rings is 3. The topological polar surface area (TPSA) is 132 Å². The van der Waals surface area contributed by atoms with Crippen LogP contribution in [-0.4, -0.2) is 24.6 Å². The number of aryl methyl sites for hydroxylation is 2. The minimum absolute atomic E-state index is 0.00430. The van der Waals surface area contributed by atoms with Crippen LogP contribution in [0.25, 0.3) is 38.5 Å². The second-order valence-electron chi connectivity index (χ2n) is 13.9. The summed E-state index contributed by atoms with van der Waals surface area (Å²) in [7, 11) is 3.65. The molecule has 1 amide bonds. The maximum Gasteiger partial charge on any atom is 0.271 e. The van der Waals surface area contributed by atoms with E-state index in [-0.39, 0.29) is 45.1 Å². The fourth-order valence-corrected chi connectivity index (χ4v) is 7.96. The molecule has 52 heavy (non-hydrogen) atoms. The van der Waals surface area contributed by atoms with Gasteiger partial charge in [0.15, 0.2) is 5.65 Å². The van der Waals surface area contributed by atoms with E-state index in [1.807, 2.05) is 78.3 Å². The van der Waals surface area contributed by atoms with E-state index in [1.54, 1.807) is 34.4 Å². The molecule has 2 saturated carbocycles. The highest BCUT2D eigenvalue weighted by molar-refractivity contribution is 5.95. The van der Waals surface area contributed by atoms with Gasteiger partial charge in [0.25, 0.3) is 5.56 Å². The van der Waals surface area contributed by atoms with Crippen molar-refractivity contribution in [3.63, 3.8) is 0 Å². The standard InChI is InChI=1S/C24H23N3O2.C18H19N3O2/c1-26-19-15-9-8-14-18(19)21(28)20-23(26)25-22(16-10-4-2-5-11-16)27(24(20)29)17-12-6-3-7-13-17;1-21-15-10-6-5-9-13(15)16(22)14(11-19)17(21)20-18(23)12-7-3-2-4-8-12/h3,6-9,12-16H,2,4-5,10-11H2,1H3;5-6,9-10,12H,2-4,7-8H2,1H3,(H,20,23). The Morgan fingerprint density at radius 2 is 1.29 bits per heavy atom. The van der Waals surface area contributed by atoms with Crippen molar-refractivity contribution in [2.45, 2.75) is 70.1 Å². The number of fused-ring (bicyclic) bond motifs is 3. The predicted molar refractivity (Wildman–Crippen MR) is 205 cm³/mol. The Morgan fingerprint density at radius 3 is 1.92 bits per heavy atom. The number of nitriles is 1. The number of anilines is 1. The van der Waals surface area contributed by atoms with Crippen molar-refractivity contribution >= 4 is 44.6 Å². The van der Waals surface area contributed by atoms with Gasteiger partial charge in [-0.1, -0.05) is 81.0 Å². The number of hydrogen-bond acceptors (Lipinski definition) is 6. The fourth-order valence-electron chi connectivity index (χ4n) is 7.96. The van der Waals surface area contributed by atoms with Crippen LogP contribution in [0.3, 0.4) is 0 Å². The summed E-state index contributed by atoms with van der Waals surface area (Å²) in [5.41, 5.74) is 1.89. The van der Waals surface area contributed by atoms with Crippen LogP contribution < -0.4 is 21.7 Å². The molecule has 0 bridgehead atoms. The minimum Gasteiger partial charge on any atom is -0.329 e. The molecule has 6 aromatic rings. The molecule has 0 unspecified atom stereocenters. The normalized spacial score (nSPS) is 15.2. The molecule has 10 nitrogen and oxygen atoms in total. The summed E-state index contributed by atoms with van der Waals surface area (Å²) < 4.78 is 5.28. The van der Waals surface area contributed by atoms with E-state index in [9.17, 15) is 24.4 Å². The maximum atomic E-state index is 13.7. The summed E-state index contributed by atoms with van der Waals surface area (Å²) in [4.78, 5) is 57.0. The predicted octanol–water partition coefficient (Wildman–Crippen LogP) is 7.21. The number of nitrogens with zero attached hydrogens (tertiary/aromatic N) is 5. The van der Waals surface area contributed by atoms with Crippen LogP contribution >= 0.6 is 0 Å². The molecule has 0 aliphatic heterocycles. The van der Waals surface area contributed by atoms with Gasteiger partial charge in [-0.05, 0) is 62.1 Å². The molecule has 264 valence electrons. The van der Waals surface area contributed by atoms with Gasteiger partial charge in [0.1, 0.15) is 28.7 Å². The van der Waals surface area contributed by atoms with Crippen LogP contribution in [0.15, 0.2) is 93.2 Å². The molecular formula is C42H42N6O4. The molecule has 0 saturated heterocycles. The Labute approximate surface area is 301 Å². The first-order valence-corrected chi connectivity index (χ1v) is 18.2. The molecule has 2 aliphatic rings. The molecule has 8 rings (SSSR count). The van der Waals surface area contributed by atoms with Crippen molar-refractivity contribution < 1.29 is 4.79 Å². The van der Waals surface area contributed by atoms with E-state index in [0.717, 1.165) is 68.4 Å². The van der Waals surface area contributed by atoms with Crippen LogP contribution in [0.2, 0.25) is 0 Å². The van der Waals surface area contributed by atoms with E-state index in [2.05, 4.69) is 5.32 Å². The Balaban J connectivity index is 0.000000167. The molecule has 3 aromatic heterocycles. The van der Waals surface area contributed by atoms with Gasteiger partial charge in [0.05, 0.1) is 16.7 Å². The quantitative estimate of drug-likeness (QED) is 0.194. The van der Waals surface area contributed by atoms with Crippen molar-refractivity contribution in [2.24, 2.45) is 20.0 Å². The average molecular weight is 695 g/mol. The van der Waals surface area contributed by atoms with E-state index in [0.29, 0.717) is 27.8 Å². The third-order valence-corrected chi connectivity index (χ3v) is 10.8. The second kappa shape index (κ2) is 14.8. The van der Waals surface area contributed by atoms with Crippen molar-refractivity contribution in [3.05, 3.63) is 121 Å². The number of rotatable bonds is 4. The van der Waals surface area contributed by atoms with Crippen LogP contribution in [0.5, 0.6) is 0 Å². The Morgan fingerprint density at radius 1 is 0.731 bits per heavy atom. The first-order valence-electron chi connectivity index (χ1n) is 18.2. The van der Waals surface area contributed by atoms with E-state index >= 15 is 0 Å². The first kappa shape index (κ1) is 34.6. The third kappa shape index (κ3) is 6.32. The largest absolute Gasteiger partial charge is 0.329 e. The zero-order valence-electron chi connectivity index (χ0n) is 29.6. The van der Waals surface area contributed by atoms with Crippen LogP contribution in [0.4, 0.5) is 5.82 Å². The van der Waals surface area contributed by atoms with Gasteiger partial charge >= 0.3 is 0 Å². The van der Waals surface area contributed by atoms with Crippen LogP contribution in [0.1, 0.15) is 81.5 Å². The monoisotopic (exact) mass is 694 g/mol. The second-order valence-corrected chi connectivity index (χ2v) is 13.9. The Hall–Kier alpha value is -5.82. The number of amides is 1. The molecule has 2 aliphatic carbocycles. The SMILES string of the molecule is Cn1c(NC(=O)C2CCCCC2)c(C#N)c(=O)c2ccccc21.Cn1c2ccccc2c(=O)c2c(=O)n(-c3ccccc3)c(C3CCCCC3)nc21. The summed E-state index contributed by atoms with van der Waals surface area (Å²) in [6, 6.07) is 26.1. The number of carbonyl (C=O) groups excluding carboxylic acids is 1. The molecule has 10 heteroatoms. The van der Waals surface area contributed by atoms with Gasteiger partial charge in [-0.3, -0.25) is 23.7 Å². The highest BCUT2D eigenvalue weighted by Gasteiger charge is 2.26. The highest BCUT2D eigenvalue weighted by Crippen LogP contribution is 2.33. The first-order chi connectivity index (χ1) is 25.3. The molecular weight excluding hydrogens is 652 g/mol. The Bertz CT molecular complexity index is 2530. The number of para-hydroxylation sites is 3. The van der Waals surface area contributed by atoms with Crippen LogP contribution in [0, 0.1) is 17.2 Å². The van der Waals surface area contributed by atoms with Crippen molar-refractivity contribution in [3.8, 4) is 11.8 Å². The zero-order valence-corrected chi connectivity index (χ0v) is 29.6. The molecule has 2 fully saturated rings. The lowest BCUT2D eigenvalue weighted by Crippen LogP contribution is -2.31. The smallest absolute Gasteiger partial charge is 0.271 e. The number of carbonyl (C=O) groups is 1. The van der Waals surface area contributed by atoms with Crippen molar-refractivity contribution in [1.82, 2.24) is 18.7 Å². The minimum atomic E-state index is -0.333. The van der Waals surface area contributed by atoms with Gasteiger partial charge in [-0.2, -0.15) is 5.26 Å². The van der Waals surface area contributed by atoms with Crippen LogP contribution in [-0.2, 0) is 18.9 Å². The van der Waals surface area contributed by atoms with Gasteiger partial charge in [0.2, 0.25) is 16.8 Å². The number of nitrogens with one attached hydrogen (secondary N) is 1. The lowest BCUT2D eigenvalue weighted by atomic mass is 9.88. The lowest BCUT2D eigenvalue weighted by molar-refractivity contribution is -0.120.